The maximum absolute atomic E-state index is 13.1. The zero-order chi connectivity index (χ0) is 23.1. The van der Waals surface area contributed by atoms with Crippen LogP contribution < -0.4 is 16.6 Å². The van der Waals surface area contributed by atoms with E-state index in [-0.39, 0.29) is 11.6 Å². The van der Waals surface area contributed by atoms with Crippen LogP contribution in [0.4, 0.5) is 16.2 Å². The molecule has 10 heteroatoms. The summed E-state index contributed by atoms with van der Waals surface area (Å²) < 4.78 is 3.37. The Morgan fingerprint density at radius 1 is 1.15 bits per heavy atom. The van der Waals surface area contributed by atoms with Crippen LogP contribution in [0.25, 0.3) is 16.8 Å². The number of rotatable bonds is 4. The molecule has 2 aromatic heterocycles. The predicted molar refractivity (Wildman–Crippen MR) is 125 cm³/mol. The van der Waals surface area contributed by atoms with E-state index in [2.05, 4.69) is 15.6 Å². The van der Waals surface area contributed by atoms with Crippen molar-refractivity contribution in [1.82, 2.24) is 19.6 Å². The highest BCUT2D eigenvalue weighted by Crippen LogP contribution is 2.35. The standard InChI is InChI=1S/C23H19ClN6O3/c24-14-1-7-19(26-23(32)33)18(11-14)13-9-17-6-8-21(30(17)22(31)10-13)20-12-29(28-27-20)16-4-2-15(25)3-5-16/h1-5,7,9-12,21,26H,6,8,25H2,(H,32,33). The summed E-state index contributed by atoms with van der Waals surface area (Å²) in [6, 6.07) is 15.2. The van der Waals surface area contributed by atoms with Crippen LogP contribution >= 0.6 is 11.6 Å². The van der Waals surface area contributed by atoms with Crippen LogP contribution in [0.15, 0.2) is 65.6 Å². The Morgan fingerprint density at radius 2 is 1.94 bits per heavy atom. The smallest absolute Gasteiger partial charge is 0.409 e. The number of halogens is 1. The molecule has 0 saturated heterocycles. The molecule has 166 valence electrons. The summed E-state index contributed by atoms with van der Waals surface area (Å²) in [6.45, 7) is 0. The van der Waals surface area contributed by atoms with Crippen molar-refractivity contribution in [3.05, 3.63) is 87.6 Å². The monoisotopic (exact) mass is 462 g/mol. The predicted octanol–water partition coefficient (Wildman–Crippen LogP) is 3.96. The van der Waals surface area contributed by atoms with Crippen LogP contribution in [0.5, 0.6) is 0 Å². The highest BCUT2D eigenvalue weighted by molar-refractivity contribution is 6.31. The van der Waals surface area contributed by atoms with Gasteiger partial charge in [0.25, 0.3) is 5.56 Å². The second kappa shape index (κ2) is 8.10. The van der Waals surface area contributed by atoms with Gasteiger partial charge in [-0.3, -0.25) is 10.1 Å². The Morgan fingerprint density at radius 3 is 2.70 bits per heavy atom. The van der Waals surface area contributed by atoms with Crippen molar-refractivity contribution in [1.29, 1.82) is 0 Å². The van der Waals surface area contributed by atoms with Crippen molar-refractivity contribution in [2.75, 3.05) is 11.1 Å². The van der Waals surface area contributed by atoms with E-state index in [0.717, 1.165) is 11.4 Å². The van der Waals surface area contributed by atoms with Gasteiger partial charge < -0.3 is 15.4 Å². The molecule has 3 heterocycles. The summed E-state index contributed by atoms with van der Waals surface area (Å²) in [5.41, 5.74) is 10.1. The average Bonchev–Trinajstić information content (AvgIpc) is 3.42. The number of nitrogen functional groups attached to an aromatic ring is 1. The number of hydrogen-bond acceptors (Lipinski definition) is 5. The molecule has 1 unspecified atom stereocenters. The van der Waals surface area contributed by atoms with Crippen LogP contribution in [0.1, 0.15) is 23.9 Å². The lowest BCUT2D eigenvalue weighted by atomic mass is 10.0. The van der Waals surface area contributed by atoms with E-state index in [1.807, 2.05) is 24.4 Å². The van der Waals surface area contributed by atoms with Crippen LogP contribution in [-0.4, -0.2) is 30.8 Å². The zero-order valence-corrected chi connectivity index (χ0v) is 18.0. The van der Waals surface area contributed by atoms with Crippen molar-refractivity contribution < 1.29 is 9.90 Å². The van der Waals surface area contributed by atoms with Crippen LogP contribution in [-0.2, 0) is 6.42 Å². The van der Waals surface area contributed by atoms with Crippen LogP contribution in [0.2, 0.25) is 5.02 Å². The fourth-order valence-electron chi connectivity index (χ4n) is 4.19. The molecule has 0 bridgehead atoms. The van der Waals surface area contributed by atoms with E-state index >= 15 is 0 Å². The molecule has 1 aliphatic rings. The van der Waals surface area contributed by atoms with Gasteiger partial charge in [-0.25, -0.2) is 9.48 Å². The Bertz CT molecular complexity index is 1430. The fourth-order valence-corrected chi connectivity index (χ4v) is 4.36. The number of aromatic nitrogens is 4. The summed E-state index contributed by atoms with van der Waals surface area (Å²) in [5.74, 6) is 0. The van der Waals surface area contributed by atoms with Crippen molar-refractivity contribution >= 4 is 29.1 Å². The first-order chi connectivity index (χ1) is 15.9. The largest absolute Gasteiger partial charge is 0.465 e. The number of anilines is 2. The zero-order valence-electron chi connectivity index (χ0n) is 17.3. The molecular formula is C23H19ClN6O3. The molecule has 9 nitrogen and oxygen atoms in total. The number of benzene rings is 2. The van der Waals surface area contributed by atoms with Crippen molar-refractivity contribution in [3.8, 4) is 16.8 Å². The molecule has 1 amide bonds. The molecule has 0 fully saturated rings. The maximum Gasteiger partial charge on any atom is 0.409 e. The fraction of sp³-hybridized carbons (Fsp3) is 0.130. The number of nitrogens with zero attached hydrogens (tertiary/aromatic N) is 4. The van der Waals surface area contributed by atoms with Crippen LogP contribution in [0.3, 0.4) is 0 Å². The molecule has 0 spiro atoms. The van der Waals surface area contributed by atoms with Gasteiger partial charge in [-0.15, -0.1) is 5.10 Å². The van der Waals surface area contributed by atoms with E-state index in [1.54, 1.807) is 39.6 Å². The summed E-state index contributed by atoms with van der Waals surface area (Å²) in [4.78, 5) is 24.3. The number of nitrogens with one attached hydrogen (secondary N) is 1. The van der Waals surface area contributed by atoms with Gasteiger partial charge in [-0.05, 0) is 66.9 Å². The van der Waals surface area contributed by atoms with E-state index in [1.165, 1.54) is 6.07 Å². The molecule has 4 aromatic rings. The Kier molecular flexibility index (Phi) is 5.10. The Balaban J connectivity index is 1.51. The minimum Gasteiger partial charge on any atom is -0.465 e. The SMILES string of the molecule is Nc1ccc(-n2cc(C3CCc4cc(-c5cc(Cl)ccc5NC(=O)O)cc(=O)n43)nn2)cc1. The van der Waals surface area contributed by atoms with E-state index in [4.69, 9.17) is 22.4 Å². The second-order valence-corrected chi connectivity index (χ2v) is 8.23. The molecule has 2 aromatic carbocycles. The summed E-state index contributed by atoms with van der Waals surface area (Å²) in [6.07, 6.45) is 2.00. The first-order valence-electron chi connectivity index (χ1n) is 10.2. The average molecular weight is 463 g/mol. The van der Waals surface area contributed by atoms with Gasteiger partial charge in [0, 0.05) is 28.0 Å². The third kappa shape index (κ3) is 3.94. The third-order valence-electron chi connectivity index (χ3n) is 5.68. The van der Waals surface area contributed by atoms with Gasteiger partial charge in [0.15, 0.2) is 0 Å². The van der Waals surface area contributed by atoms with Crippen molar-refractivity contribution in [2.45, 2.75) is 18.9 Å². The highest BCUT2D eigenvalue weighted by atomic mass is 35.5. The summed E-state index contributed by atoms with van der Waals surface area (Å²) in [7, 11) is 0. The molecule has 5 rings (SSSR count). The minimum atomic E-state index is -1.19. The highest BCUT2D eigenvalue weighted by Gasteiger charge is 2.28. The van der Waals surface area contributed by atoms with Gasteiger partial charge in [-0.1, -0.05) is 16.8 Å². The number of carboxylic acid groups (broad SMARTS) is 1. The normalized spacial score (nSPS) is 14.8. The quantitative estimate of drug-likeness (QED) is 0.394. The number of hydrogen-bond donors (Lipinski definition) is 3. The lowest BCUT2D eigenvalue weighted by Gasteiger charge is -2.14. The number of pyridine rings is 1. The van der Waals surface area contributed by atoms with Gasteiger partial charge in [-0.2, -0.15) is 0 Å². The van der Waals surface area contributed by atoms with E-state index in [0.29, 0.717) is 46.1 Å². The first kappa shape index (κ1) is 20.8. The molecule has 33 heavy (non-hydrogen) atoms. The van der Waals surface area contributed by atoms with Gasteiger partial charge in [0.05, 0.1) is 23.6 Å². The Labute approximate surface area is 193 Å². The van der Waals surface area contributed by atoms with E-state index in [9.17, 15) is 9.59 Å². The van der Waals surface area contributed by atoms with Gasteiger partial charge in [0.2, 0.25) is 0 Å². The second-order valence-electron chi connectivity index (χ2n) is 7.80. The lowest BCUT2D eigenvalue weighted by Crippen LogP contribution is -2.23. The number of aryl methyl sites for hydroxylation is 1. The molecular weight excluding hydrogens is 444 g/mol. The molecule has 0 saturated carbocycles. The lowest BCUT2D eigenvalue weighted by molar-refractivity contribution is 0.210. The van der Waals surface area contributed by atoms with Crippen molar-refractivity contribution in [2.24, 2.45) is 0 Å². The third-order valence-corrected chi connectivity index (χ3v) is 5.91. The summed E-state index contributed by atoms with van der Waals surface area (Å²) >= 11 is 6.14. The number of amides is 1. The van der Waals surface area contributed by atoms with E-state index < -0.39 is 6.09 Å². The number of nitrogens with two attached hydrogens (primary N) is 1. The molecule has 0 aliphatic carbocycles. The Hall–Kier alpha value is -4.11. The number of carbonyl (C=O) groups is 1. The first-order valence-corrected chi connectivity index (χ1v) is 10.6. The minimum absolute atomic E-state index is 0.201. The molecule has 1 aliphatic heterocycles. The molecule has 0 radical (unpaired) electrons. The topological polar surface area (TPSA) is 128 Å². The van der Waals surface area contributed by atoms with Gasteiger partial charge in [0.1, 0.15) is 5.69 Å². The molecule has 4 N–H and O–H groups in total. The van der Waals surface area contributed by atoms with Crippen molar-refractivity contribution in [3.63, 3.8) is 0 Å². The summed E-state index contributed by atoms with van der Waals surface area (Å²) in [5, 5.41) is 20.5. The van der Waals surface area contributed by atoms with Crippen LogP contribution in [0, 0.1) is 0 Å². The number of fused-ring (bicyclic) bond motifs is 1. The van der Waals surface area contributed by atoms with Gasteiger partial charge >= 0.3 is 6.09 Å². The maximum atomic E-state index is 13.1. The molecule has 1 atom stereocenters.